The second kappa shape index (κ2) is 5.59. The van der Waals surface area contributed by atoms with Crippen molar-refractivity contribution in [1.29, 1.82) is 0 Å². The van der Waals surface area contributed by atoms with Crippen molar-refractivity contribution in [1.82, 2.24) is 0 Å². The Kier molecular flexibility index (Phi) is 4.81. The van der Waals surface area contributed by atoms with E-state index in [-0.39, 0.29) is 16.7 Å². The van der Waals surface area contributed by atoms with Crippen LogP contribution in [0, 0.1) is 6.92 Å². The Bertz CT molecular complexity index is 350. The summed E-state index contributed by atoms with van der Waals surface area (Å²) in [6.07, 6.45) is 0. The van der Waals surface area contributed by atoms with Gasteiger partial charge in [0.25, 0.3) is 0 Å². The number of carbonyl (C=O) groups excluding carboxylic acids is 2. The molecule has 0 aromatic heterocycles. The molecule has 1 aromatic rings. The average molecular weight is 206 g/mol. The molecule has 4 heteroatoms. The van der Waals surface area contributed by atoms with E-state index in [0.29, 0.717) is 0 Å². The minimum absolute atomic E-state index is 0.123. The highest BCUT2D eigenvalue weighted by atomic mass is 16.4. The predicted octanol–water partition coefficient (Wildman–Crippen LogP) is -0.476. The monoisotopic (exact) mass is 206 g/mol. The van der Waals surface area contributed by atoms with Crippen LogP contribution in [-0.4, -0.2) is 11.9 Å². The molecule has 4 nitrogen and oxygen atoms in total. The molecule has 0 spiro atoms. The highest BCUT2D eigenvalue weighted by molar-refractivity contribution is 5.94. The summed E-state index contributed by atoms with van der Waals surface area (Å²) in [6.45, 7) is 7.40. The summed E-state index contributed by atoms with van der Waals surface area (Å²) in [5.74, 6) is -2.78. The number of benzene rings is 1. The zero-order valence-corrected chi connectivity index (χ0v) is 8.28. The van der Waals surface area contributed by atoms with Crippen molar-refractivity contribution in [2.75, 3.05) is 0 Å². The van der Waals surface area contributed by atoms with E-state index in [1.807, 2.05) is 0 Å². The second-order valence-corrected chi connectivity index (χ2v) is 2.55. The van der Waals surface area contributed by atoms with Gasteiger partial charge in [-0.05, 0) is 12.5 Å². The van der Waals surface area contributed by atoms with Crippen molar-refractivity contribution in [3.05, 3.63) is 48.0 Å². The van der Waals surface area contributed by atoms with E-state index < -0.39 is 11.9 Å². The minimum atomic E-state index is -1.39. The van der Waals surface area contributed by atoms with Crippen LogP contribution < -0.4 is 10.2 Å². The van der Waals surface area contributed by atoms with Gasteiger partial charge in [-0.15, -0.1) is 13.2 Å². The highest BCUT2D eigenvalue weighted by Gasteiger charge is 2.04. The van der Waals surface area contributed by atoms with Crippen LogP contribution in [0.2, 0.25) is 0 Å². The molecule has 0 amide bonds. The van der Waals surface area contributed by atoms with E-state index >= 15 is 0 Å². The third-order valence-electron chi connectivity index (χ3n) is 1.77. The van der Waals surface area contributed by atoms with Gasteiger partial charge in [0.2, 0.25) is 0 Å². The molecule has 0 N–H and O–H groups in total. The van der Waals surface area contributed by atoms with Crippen molar-refractivity contribution >= 4 is 11.9 Å². The third-order valence-corrected chi connectivity index (χ3v) is 1.77. The van der Waals surface area contributed by atoms with Gasteiger partial charge in [-0.3, -0.25) is 0 Å². The number of hydrogen-bond donors (Lipinski definition) is 0. The first-order valence-electron chi connectivity index (χ1n) is 4.06. The Morgan fingerprint density at radius 3 is 1.67 bits per heavy atom. The predicted molar refractivity (Wildman–Crippen MR) is 51.1 cm³/mol. The van der Waals surface area contributed by atoms with Crippen LogP contribution in [0.3, 0.4) is 0 Å². The van der Waals surface area contributed by atoms with Gasteiger partial charge in [0.15, 0.2) is 0 Å². The minimum Gasteiger partial charge on any atom is -0.545 e. The first kappa shape index (κ1) is 12.9. The molecule has 0 aliphatic rings. The molecule has 0 saturated heterocycles. The maximum absolute atomic E-state index is 10.5. The van der Waals surface area contributed by atoms with Crippen LogP contribution in [0.1, 0.15) is 26.3 Å². The summed E-state index contributed by atoms with van der Waals surface area (Å²) in [5.41, 5.74) is -0.0918. The molecule has 0 fully saturated rings. The molecule has 0 atom stereocenters. The number of carboxylic acid groups (broad SMARTS) is 2. The number of carbonyl (C=O) groups is 2. The fourth-order valence-corrected chi connectivity index (χ4v) is 1.08. The van der Waals surface area contributed by atoms with Crippen molar-refractivity contribution in [2.45, 2.75) is 6.92 Å². The zero-order valence-electron chi connectivity index (χ0n) is 8.28. The van der Waals surface area contributed by atoms with E-state index in [2.05, 4.69) is 13.2 Å². The SMILES string of the molecule is C=C.Cc1c(C(=O)[O-])cccc1C(=O)[O-]. The topological polar surface area (TPSA) is 80.3 Å². The highest BCUT2D eigenvalue weighted by Crippen LogP contribution is 2.11. The standard InChI is InChI=1S/C9H8O4.C2H4/c1-5-6(8(10)11)3-2-4-7(5)9(12)13;1-2/h2-4H,1H3,(H,10,11)(H,12,13);1-2H2/p-2. The fourth-order valence-electron chi connectivity index (χ4n) is 1.08. The summed E-state index contributed by atoms with van der Waals surface area (Å²) in [7, 11) is 0. The third kappa shape index (κ3) is 2.95. The van der Waals surface area contributed by atoms with Crippen LogP contribution in [0.5, 0.6) is 0 Å². The summed E-state index contributed by atoms with van der Waals surface area (Å²) in [6, 6.07) is 3.91. The maximum atomic E-state index is 10.5. The molecule has 80 valence electrons. The molecule has 15 heavy (non-hydrogen) atoms. The summed E-state index contributed by atoms with van der Waals surface area (Å²) in [5, 5.41) is 20.9. The second-order valence-electron chi connectivity index (χ2n) is 2.55. The Morgan fingerprint density at radius 1 is 1.07 bits per heavy atom. The number of carboxylic acids is 2. The Balaban J connectivity index is 0.000000921. The fraction of sp³-hybridized carbons (Fsp3) is 0.0909. The van der Waals surface area contributed by atoms with Gasteiger partial charge >= 0.3 is 0 Å². The van der Waals surface area contributed by atoms with Crippen LogP contribution in [0.15, 0.2) is 31.4 Å². The van der Waals surface area contributed by atoms with Crippen LogP contribution in [0.4, 0.5) is 0 Å². The Labute approximate surface area is 87.5 Å². The lowest BCUT2D eigenvalue weighted by Crippen LogP contribution is -2.27. The van der Waals surface area contributed by atoms with Crippen LogP contribution >= 0.6 is 0 Å². The summed E-state index contributed by atoms with van der Waals surface area (Å²) in [4.78, 5) is 20.9. The van der Waals surface area contributed by atoms with E-state index in [9.17, 15) is 19.8 Å². The molecule has 0 radical (unpaired) electrons. The Morgan fingerprint density at radius 2 is 1.40 bits per heavy atom. The van der Waals surface area contributed by atoms with Gasteiger partial charge in [0.1, 0.15) is 0 Å². The van der Waals surface area contributed by atoms with E-state index in [1.54, 1.807) is 0 Å². The molecule has 0 aliphatic heterocycles. The molecule has 0 bridgehead atoms. The molecular weight excluding hydrogens is 196 g/mol. The molecule has 1 rings (SSSR count). The lowest BCUT2D eigenvalue weighted by molar-refractivity contribution is -0.255. The van der Waals surface area contributed by atoms with Crippen molar-refractivity contribution in [2.24, 2.45) is 0 Å². The maximum Gasteiger partial charge on any atom is 0.0718 e. The van der Waals surface area contributed by atoms with Gasteiger partial charge < -0.3 is 19.8 Å². The number of rotatable bonds is 2. The van der Waals surface area contributed by atoms with E-state index in [4.69, 9.17) is 0 Å². The van der Waals surface area contributed by atoms with Crippen molar-refractivity contribution in [3.63, 3.8) is 0 Å². The van der Waals surface area contributed by atoms with E-state index in [1.165, 1.54) is 25.1 Å². The first-order valence-corrected chi connectivity index (χ1v) is 4.06. The van der Waals surface area contributed by atoms with Crippen LogP contribution in [0.25, 0.3) is 0 Å². The summed E-state index contributed by atoms with van der Waals surface area (Å²) >= 11 is 0. The summed E-state index contributed by atoms with van der Waals surface area (Å²) < 4.78 is 0. The smallest absolute Gasteiger partial charge is 0.0718 e. The van der Waals surface area contributed by atoms with Gasteiger partial charge in [-0.2, -0.15) is 0 Å². The van der Waals surface area contributed by atoms with E-state index in [0.717, 1.165) is 0 Å². The van der Waals surface area contributed by atoms with Gasteiger partial charge in [0, 0.05) is 11.1 Å². The van der Waals surface area contributed by atoms with Gasteiger partial charge in [-0.1, -0.05) is 18.2 Å². The molecule has 0 heterocycles. The first-order chi connectivity index (χ1) is 7.04. The molecule has 0 unspecified atom stereocenters. The molecular formula is C11H10O4-2. The van der Waals surface area contributed by atoms with Crippen LogP contribution in [-0.2, 0) is 0 Å². The molecule has 0 aliphatic carbocycles. The number of hydrogen-bond acceptors (Lipinski definition) is 4. The van der Waals surface area contributed by atoms with Crippen molar-refractivity contribution in [3.8, 4) is 0 Å². The molecule has 1 aromatic carbocycles. The lowest BCUT2D eigenvalue weighted by Gasteiger charge is -2.11. The quantitative estimate of drug-likeness (QED) is 0.612. The number of aromatic carboxylic acids is 2. The average Bonchev–Trinajstić information content (AvgIpc) is 2.20. The Hall–Kier alpha value is -2.10. The largest absolute Gasteiger partial charge is 0.545 e. The van der Waals surface area contributed by atoms with Gasteiger partial charge in [0.05, 0.1) is 11.9 Å². The molecule has 0 saturated carbocycles. The normalized spacial score (nSPS) is 8.60. The van der Waals surface area contributed by atoms with Gasteiger partial charge in [-0.25, -0.2) is 0 Å². The zero-order chi connectivity index (χ0) is 12.0. The lowest BCUT2D eigenvalue weighted by atomic mass is 10.0. The van der Waals surface area contributed by atoms with Crippen molar-refractivity contribution < 1.29 is 19.8 Å².